The molecule has 0 aliphatic rings. The van der Waals surface area contributed by atoms with Crippen molar-refractivity contribution in [3.8, 4) is 0 Å². The number of thiazole rings is 1. The van der Waals surface area contributed by atoms with Gasteiger partial charge in [0.1, 0.15) is 12.1 Å². The summed E-state index contributed by atoms with van der Waals surface area (Å²) in [6, 6.07) is 0. The maximum atomic E-state index is 12.1. The van der Waals surface area contributed by atoms with Gasteiger partial charge in [0.15, 0.2) is 0 Å². The summed E-state index contributed by atoms with van der Waals surface area (Å²) in [5.41, 5.74) is 0.865. The normalized spacial score (nSPS) is 12.4. The quantitative estimate of drug-likeness (QED) is 0.568. The minimum atomic E-state index is 0.190. The van der Waals surface area contributed by atoms with Gasteiger partial charge in [0.05, 0.1) is 17.8 Å². The van der Waals surface area contributed by atoms with Crippen LogP contribution in [0.4, 0.5) is 4.39 Å². The van der Waals surface area contributed by atoms with Crippen molar-refractivity contribution in [3.63, 3.8) is 0 Å². The molecule has 0 saturated heterocycles. The van der Waals surface area contributed by atoms with Crippen molar-refractivity contribution in [1.29, 1.82) is 0 Å². The van der Waals surface area contributed by atoms with Crippen molar-refractivity contribution in [1.82, 2.24) is 4.98 Å². The maximum absolute atomic E-state index is 12.1. The molecule has 0 amide bonds. The molecular weight excluding hydrogens is 201 g/mol. The van der Waals surface area contributed by atoms with Gasteiger partial charge in [-0.15, -0.1) is 11.3 Å². The summed E-state index contributed by atoms with van der Waals surface area (Å²) in [5, 5.41) is 1.00. The second-order valence-electron chi connectivity index (χ2n) is 2.72. The molecule has 0 aliphatic heterocycles. The van der Waals surface area contributed by atoms with Crippen LogP contribution in [-0.4, -0.2) is 12.1 Å². The highest BCUT2D eigenvalue weighted by atomic mass is 32.1. The molecule has 14 heavy (non-hydrogen) atoms. The molecule has 0 radical (unpaired) electrons. The Labute approximate surface area is 86.7 Å². The Morgan fingerprint density at radius 1 is 1.50 bits per heavy atom. The molecule has 0 unspecified atom stereocenters. The molecule has 1 aromatic heterocycles. The fraction of sp³-hybridized carbons (Fsp3) is 0.300. The summed E-state index contributed by atoms with van der Waals surface area (Å²) in [6.07, 6.45) is 3.72. The molecular formula is C10H12FNOS. The monoisotopic (exact) mass is 213 g/mol. The van der Waals surface area contributed by atoms with Crippen molar-refractivity contribution >= 4 is 17.4 Å². The van der Waals surface area contributed by atoms with Gasteiger partial charge in [-0.25, -0.2) is 9.37 Å². The van der Waals surface area contributed by atoms with Gasteiger partial charge in [-0.3, -0.25) is 0 Å². The van der Waals surface area contributed by atoms with E-state index >= 15 is 0 Å². The summed E-state index contributed by atoms with van der Waals surface area (Å²) in [7, 11) is 1.43. The number of ether oxygens (including phenoxy) is 1. The third kappa shape index (κ3) is 2.67. The van der Waals surface area contributed by atoms with E-state index in [1.54, 1.807) is 23.5 Å². The summed E-state index contributed by atoms with van der Waals surface area (Å²) >= 11 is 1.62. The molecule has 1 heterocycles. The molecule has 0 atom stereocenters. The van der Waals surface area contributed by atoms with E-state index in [4.69, 9.17) is 4.74 Å². The number of rotatable bonds is 3. The first-order valence-corrected chi connectivity index (χ1v) is 4.95. The fourth-order valence-electron chi connectivity index (χ4n) is 1.01. The molecule has 0 bridgehead atoms. The number of halogens is 1. The Morgan fingerprint density at radius 2 is 2.21 bits per heavy atom. The molecule has 0 saturated carbocycles. The van der Waals surface area contributed by atoms with Crippen molar-refractivity contribution in [2.24, 2.45) is 0 Å². The molecule has 0 fully saturated rings. The number of hydrogen-bond donors (Lipinski definition) is 0. The molecule has 76 valence electrons. The lowest BCUT2D eigenvalue weighted by atomic mass is 10.3. The molecule has 0 spiro atoms. The second kappa shape index (κ2) is 4.91. The van der Waals surface area contributed by atoms with Gasteiger partial charge < -0.3 is 4.74 Å². The third-order valence-electron chi connectivity index (χ3n) is 1.69. The predicted molar refractivity (Wildman–Crippen MR) is 56.8 cm³/mol. The van der Waals surface area contributed by atoms with E-state index in [0.717, 1.165) is 15.6 Å². The van der Waals surface area contributed by atoms with Crippen LogP contribution in [0.2, 0.25) is 0 Å². The molecule has 0 N–H and O–H groups in total. The van der Waals surface area contributed by atoms with Crippen molar-refractivity contribution in [2.75, 3.05) is 7.11 Å². The van der Waals surface area contributed by atoms with E-state index in [-0.39, 0.29) is 5.76 Å². The molecule has 1 rings (SSSR count). The van der Waals surface area contributed by atoms with E-state index in [1.807, 2.05) is 13.8 Å². The molecule has 2 nitrogen and oxygen atoms in total. The molecule has 1 aromatic rings. The Bertz CT molecular complexity index is 368. The minimum absolute atomic E-state index is 0.190. The van der Waals surface area contributed by atoms with Crippen LogP contribution >= 0.6 is 11.3 Å². The van der Waals surface area contributed by atoms with Gasteiger partial charge >= 0.3 is 0 Å². The van der Waals surface area contributed by atoms with Crippen LogP contribution in [0.15, 0.2) is 18.2 Å². The molecule has 0 aliphatic carbocycles. The summed E-state index contributed by atoms with van der Waals surface area (Å²) in [5.74, 6) is 0.190. The smallest absolute Gasteiger partial charge is 0.147 e. The highest BCUT2D eigenvalue weighted by molar-refractivity contribution is 7.11. The van der Waals surface area contributed by atoms with Gasteiger partial charge in [-0.05, 0) is 26.0 Å². The number of aromatic nitrogens is 1. The van der Waals surface area contributed by atoms with Crippen LogP contribution in [-0.2, 0) is 4.74 Å². The lowest BCUT2D eigenvalue weighted by Gasteiger charge is -1.95. The first kappa shape index (κ1) is 10.9. The van der Waals surface area contributed by atoms with Crippen LogP contribution in [0.1, 0.15) is 15.6 Å². The zero-order valence-electron chi connectivity index (χ0n) is 8.37. The number of methoxy groups -OCH3 is 1. The van der Waals surface area contributed by atoms with Gasteiger partial charge in [-0.1, -0.05) is 0 Å². The number of hydrogen-bond acceptors (Lipinski definition) is 3. The first-order chi connectivity index (χ1) is 6.67. The minimum Gasteiger partial charge on any atom is -0.494 e. The SMILES string of the molecule is COC(/C=C\c1nc(C)sc1C)=C\F. The second-order valence-corrected chi connectivity index (χ2v) is 4.13. The zero-order valence-corrected chi connectivity index (χ0v) is 9.19. The fourth-order valence-corrected chi connectivity index (χ4v) is 1.82. The van der Waals surface area contributed by atoms with Gasteiger partial charge in [0, 0.05) is 4.88 Å². The number of allylic oxidation sites excluding steroid dienone is 1. The summed E-state index contributed by atoms with van der Waals surface area (Å²) in [4.78, 5) is 5.40. The summed E-state index contributed by atoms with van der Waals surface area (Å²) < 4.78 is 16.9. The van der Waals surface area contributed by atoms with E-state index in [9.17, 15) is 4.39 Å². The van der Waals surface area contributed by atoms with Gasteiger partial charge in [-0.2, -0.15) is 0 Å². The van der Waals surface area contributed by atoms with Crippen LogP contribution in [0.25, 0.3) is 6.08 Å². The van der Waals surface area contributed by atoms with Crippen LogP contribution in [0, 0.1) is 13.8 Å². The average molecular weight is 213 g/mol. The van der Waals surface area contributed by atoms with Crippen LogP contribution in [0.5, 0.6) is 0 Å². The maximum Gasteiger partial charge on any atom is 0.147 e. The molecule has 0 aromatic carbocycles. The van der Waals surface area contributed by atoms with Crippen molar-refractivity contribution in [2.45, 2.75) is 13.8 Å². The largest absolute Gasteiger partial charge is 0.494 e. The van der Waals surface area contributed by atoms with Crippen LogP contribution < -0.4 is 0 Å². The number of aryl methyl sites for hydroxylation is 2. The Balaban J connectivity index is 2.83. The Morgan fingerprint density at radius 3 is 2.64 bits per heavy atom. The first-order valence-electron chi connectivity index (χ1n) is 4.14. The lowest BCUT2D eigenvalue weighted by Crippen LogP contribution is -1.81. The third-order valence-corrected chi connectivity index (χ3v) is 2.59. The Hall–Kier alpha value is -1.16. The summed E-state index contributed by atoms with van der Waals surface area (Å²) in [6.45, 7) is 3.92. The highest BCUT2D eigenvalue weighted by Crippen LogP contribution is 2.18. The van der Waals surface area contributed by atoms with Crippen molar-refractivity contribution in [3.05, 3.63) is 33.7 Å². The highest BCUT2D eigenvalue weighted by Gasteiger charge is 2.00. The van der Waals surface area contributed by atoms with E-state index in [2.05, 4.69) is 4.98 Å². The zero-order chi connectivity index (χ0) is 10.6. The van der Waals surface area contributed by atoms with Gasteiger partial charge in [0.25, 0.3) is 0 Å². The van der Waals surface area contributed by atoms with E-state index < -0.39 is 0 Å². The topological polar surface area (TPSA) is 22.1 Å². The average Bonchev–Trinajstić information content (AvgIpc) is 2.47. The van der Waals surface area contributed by atoms with E-state index in [1.165, 1.54) is 7.11 Å². The molecule has 4 heteroatoms. The predicted octanol–water partition coefficient (Wildman–Crippen LogP) is 3.23. The standard InChI is InChI=1S/C10H12FNOS/c1-7-10(12-8(2)14-7)5-4-9(6-11)13-3/h4-6H,1-3H3/b5-4-,9-6-. The van der Waals surface area contributed by atoms with E-state index in [0.29, 0.717) is 6.33 Å². The van der Waals surface area contributed by atoms with Crippen LogP contribution in [0.3, 0.4) is 0 Å². The van der Waals surface area contributed by atoms with Gasteiger partial charge in [0.2, 0.25) is 0 Å². The van der Waals surface area contributed by atoms with Crippen molar-refractivity contribution < 1.29 is 9.13 Å². The Kier molecular flexibility index (Phi) is 3.83. The number of nitrogens with zero attached hydrogens (tertiary/aromatic N) is 1. The lowest BCUT2D eigenvalue weighted by molar-refractivity contribution is 0.299.